The molecule has 0 saturated heterocycles. The Hall–Kier alpha value is -0.410. The Morgan fingerprint density at radius 3 is 2.38 bits per heavy atom. The molecule has 0 bridgehead atoms. The summed E-state index contributed by atoms with van der Waals surface area (Å²) in [5.41, 5.74) is 5.22. The minimum absolute atomic E-state index is 0.0433. The molecule has 13 heavy (non-hydrogen) atoms. The predicted octanol–water partition coefficient (Wildman–Crippen LogP) is 1.77. The third-order valence-electron chi connectivity index (χ3n) is 1.43. The molecule has 2 nitrogen and oxygen atoms in total. The van der Waals surface area contributed by atoms with E-state index < -0.39 is 12.1 Å². The van der Waals surface area contributed by atoms with Crippen LogP contribution in [0.2, 0.25) is 0 Å². The van der Waals surface area contributed by atoms with Gasteiger partial charge in [0.05, 0.1) is 6.07 Å². The normalized spacial score (nSPS) is 16.3. The summed E-state index contributed by atoms with van der Waals surface area (Å²) in [6, 6.07) is 1.23. The zero-order valence-corrected chi connectivity index (χ0v) is 7.95. The van der Waals surface area contributed by atoms with Gasteiger partial charge in [-0.05, 0) is 0 Å². The van der Waals surface area contributed by atoms with Crippen molar-refractivity contribution in [2.24, 2.45) is 11.7 Å². The van der Waals surface area contributed by atoms with Crippen LogP contribution < -0.4 is 5.73 Å². The number of rotatable bonds is 4. The summed E-state index contributed by atoms with van der Waals surface area (Å²) in [4.78, 5) is 0. The molecule has 0 amide bonds. The summed E-state index contributed by atoms with van der Waals surface area (Å²) in [6.07, 6.45) is -4.42. The molecule has 0 rings (SSSR count). The van der Waals surface area contributed by atoms with Crippen LogP contribution in [0.1, 0.15) is 6.92 Å². The Labute approximate surface area is 79.3 Å². The third-order valence-corrected chi connectivity index (χ3v) is 2.72. The molecule has 0 heterocycles. The number of hydrogen-bond donors (Lipinski definition) is 1. The topological polar surface area (TPSA) is 49.8 Å². The van der Waals surface area contributed by atoms with Crippen LogP contribution in [0.3, 0.4) is 0 Å². The molecule has 0 aromatic carbocycles. The van der Waals surface area contributed by atoms with E-state index in [9.17, 15) is 13.2 Å². The highest BCUT2D eigenvalue weighted by Crippen LogP contribution is 2.29. The molecule has 0 aliphatic carbocycles. The van der Waals surface area contributed by atoms with Gasteiger partial charge < -0.3 is 5.73 Å². The van der Waals surface area contributed by atoms with Crippen molar-refractivity contribution in [1.82, 2.24) is 0 Å². The van der Waals surface area contributed by atoms with Crippen LogP contribution in [0.25, 0.3) is 0 Å². The van der Waals surface area contributed by atoms with Gasteiger partial charge >= 0.3 is 6.18 Å². The number of halogens is 3. The van der Waals surface area contributed by atoms with E-state index in [1.165, 1.54) is 6.07 Å². The number of nitriles is 1. The third kappa shape index (κ3) is 5.01. The number of alkyl halides is 3. The van der Waals surface area contributed by atoms with Gasteiger partial charge in [-0.1, -0.05) is 6.92 Å². The lowest BCUT2D eigenvalue weighted by atomic mass is 10.2. The predicted molar refractivity (Wildman–Crippen MR) is 46.1 cm³/mol. The van der Waals surface area contributed by atoms with Crippen LogP contribution in [-0.4, -0.2) is 23.7 Å². The number of thioether (sulfide) groups is 1. The minimum Gasteiger partial charge on any atom is -0.329 e. The summed E-state index contributed by atoms with van der Waals surface area (Å²) in [6.45, 7) is 2.05. The van der Waals surface area contributed by atoms with Gasteiger partial charge in [0.1, 0.15) is 0 Å². The van der Waals surface area contributed by atoms with Crippen molar-refractivity contribution in [1.29, 1.82) is 5.26 Å². The zero-order valence-electron chi connectivity index (χ0n) is 7.14. The Bertz CT molecular complexity index is 187. The van der Waals surface area contributed by atoms with Gasteiger partial charge in [0.15, 0.2) is 5.92 Å². The van der Waals surface area contributed by atoms with E-state index in [1.54, 1.807) is 6.92 Å². The maximum Gasteiger partial charge on any atom is 0.405 e. The molecule has 0 spiro atoms. The molecule has 0 aromatic rings. The summed E-state index contributed by atoms with van der Waals surface area (Å²) in [5, 5.41) is 8.19. The van der Waals surface area contributed by atoms with E-state index in [-0.39, 0.29) is 11.0 Å². The summed E-state index contributed by atoms with van der Waals surface area (Å²) < 4.78 is 36.0. The van der Waals surface area contributed by atoms with E-state index in [0.717, 1.165) is 11.8 Å². The van der Waals surface area contributed by atoms with Crippen LogP contribution in [-0.2, 0) is 0 Å². The highest BCUT2D eigenvalue weighted by molar-refractivity contribution is 7.99. The maximum atomic E-state index is 12.0. The van der Waals surface area contributed by atoms with Crippen molar-refractivity contribution in [3.63, 3.8) is 0 Å². The molecule has 0 aromatic heterocycles. The maximum absolute atomic E-state index is 12.0. The van der Waals surface area contributed by atoms with E-state index in [2.05, 4.69) is 0 Å². The molecule has 0 saturated carbocycles. The van der Waals surface area contributed by atoms with Crippen molar-refractivity contribution >= 4 is 11.8 Å². The molecule has 0 aliphatic rings. The summed E-state index contributed by atoms with van der Waals surface area (Å²) >= 11 is 1.07. The van der Waals surface area contributed by atoms with Gasteiger partial charge in [0.25, 0.3) is 0 Å². The van der Waals surface area contributed by atoms with E-state index in [4.69, 9.17) is 11.0 Å². The molecule has 0 aliphatic heterocycles. The fourth-order valence-electron chi connectivity index (χ4n) is 0.533. The molecule has 0 radical (unpaired) electrons. The fraction of sp³-hybridized carbons (Fsp3) is 0.857. The van der Waals surface area contributed by atoms with Gasteiger partial charge in [0, 0.05) is 17.5 Å². The molecule has 6 heteroatoms. The molecule has 2 N–H and O–H groups in total. The van der Waals surface area contributed by atoms with Gasteiger partial charge in [-0.3, -0.25) is 0 Å². The van der Waals surface area contributed by atoms with Crippen molar-refractivity contribution in [3.05, 3.63) is 0 Å². The standard InChI is InChI=1S/C7H11F3N2S/c1-5(2-11)13-4-6(3-12)7(8,9)10/h5-6H,2,4,11H2,1H3. The Morgan fingerprint density at radius 2 is 2.08 bits per heavy atom. The average Bonchev–Trinajstić information content (AvgIpc) is 2.02. The first-order chi connectivity index (χ1) is 5.91. The first kappa shape index (κ1) is 12.6. The van der Waals surface area contributed by atoms with Crippen molar-refractivity contribution < 1.29 is 13.2 Å². The SMILES string of the molecule is CC(CN)SCC(C#N)C(F)(F)F. The minimum atomic E-state index is -4.42. The molecular weight excluding hydrogens is 201 g/mol. The second-order valence-electron chi connectivity index (χ2n) is 2.60. The first-order valence-electron chi connectivity index (χ1n) is 3.69. The highest BCUT2D eigenvalue weighted by Gasteiger charge is 2.39. The van der Waals surface area contributed by atoms with Crippen molar-refractivity contribution in [2.75, 3.05) is 12.3 Å². The first-order valence-corrected chi connectivity index (χ1v) is 4.74. The second-order valence-corrected chi connectivity index (χ2v) is 4.07. The van der Waals surface area contributed by atoms with Crippen molar-refractivity contribution in [3.8, 4) is 6.07 Å². The number of hydrogen-bond acceptors (Lipinski definition) is 3. The largest absolute Gasteiger partial charge is 0.405 e. The van der Waals surface area contributed by atoms with Crippen LogP contribution in [0, 0.1) is 17.2 Å². The van der Waals surface area contributed by atoms with E-state index >= 15 is 0 Å². The van der Waals surface area contributed by atoms with Crippen molar-refractivity contribution in [2.45, 2.75) is 18.3 Å². The molecular formula is C7H11F3N2S. The van der Waals surface area contributed by atoms with Crippen LogP contribution >= 0.6 is 11.8 Å². The lowest BCUT2D eigenvalue weighted by Crippen LogP contribution is -2.25. The van der Waals surface area contributed by atoms with Crippen LogP contribution in [0.5, 0.6) is 0 Å². The van der Waals surface area contributed by atoms with E-state index in [0.29, 0.717) is 6.54 Å². The monoisotopic (exact) mass is 212 g/mol. The Kier molecular flexibility index (Phi) is 5.18. The number of nitrogens with zero attached hydrogens (tertiary/aromatic N) is 1. The average molecular weight is 212 g/mol. The molecule has 0 fully saturated rings. The molecule has 2 atom stereocenters. The quantitative estimate of drug-likeness (QED) is 0.772. The van der Waals surface area contributed by atoms with Gasteiger partial charge in [-0.25, -0.2) is 0 Å². The van der Waals surface area contributed by atoms with Gasteiger partial charge in [0.2, 0.25) is 0 Å². The molecule has 2 unspecified atom stereocenters. The Morgan fingerprint density at radius 1 is 1.54 bits per heavy atom. The lowest BCUT2D eigenvalue weighted by Gasteiger charge is -2.14. The zero-order chi connectivity index (χ0) is 10.5. The lowest BCUT2D eigenvalue weighted by molar-refractivity contribution is -0.152. The van der Waals surface area contributed by atoms with Gasteiger partial charge in [-0.15, -0.1) is 0 Å². The van der Waals surface area contributed by atoms with Crippen LogP contribution in [0.4, 0.5) is 13.2 Å². The van der Waals surface area contributed by atoms with Crippen LogP contribution in [0.15, 0.2) is 0 Å². The van der Waals surface area contributed by atoms with Gasteiger partial charge in [-0.2, -0.15) is 30.2 Å². The molecule has 76 valence electrons. The second kappa shape index (κ2) is 5.35. The summed E-state index contributed by atoms with van der Waals surface area (Å²) in [5.74, 6) is -2.12. The Balaban J connectivity index is 3.96. The number of nitrogens with two attached hydrogens (primary N) is 1. The smallest absolute Gasteiger partial charge is 0.329 e. The highest BCUT2D eigenvalue weighted by atomic mass is 32.2. The fourth-order valence-corrected chi connectivity index (χ4v) is 1.45. The van der Waals surface area contributed by atoms with E-state index in [1.807, 2.05) is 0 Å². The summed E-state index contributed by atoms with van der Waals surface area (Å²) in [7, 11) is 0.